The third-order valence-corrected chi connectivity index (χ3v) is 4.45. The van der Waals surface area contributed by atoms with Gasteiger partial charge in [-0.05, 0) is 48.9 Å². The molecule has 0 aliphatic heterocycles. The number of ether oxygens (including phenoxy) is 1. The van der Waals surface area contributed by atoms with E-state index in [1.54, 1.807) is 6.07 Å². The van der Waals surface area contributed by atoms with Crippen molar-refractivity contribution in [3.63, 3.8) is 0 Å². The second kappa shape index (κ2) is 11.9. The normalized spacial score (nSPS) is 10.6. The molecule has 0 heterocycles. The van der Waals surface area contributed by atoms with Crippen molar-refractivity contribution in [2.24, 2.45) is 0 Å². The molecule has 0 amide bonds. The quantitative estimate of drug-likeness (QED) is 0.385. The van der Waals surface area contributed by atoms with Crippen LogP contribution in [0.25, 0.3) is 0 Å². The number of nitrogens with one attached hydrogen (secondary N) is 2. The molecule has 0 atom stereocenters. The maximum absolute atomic E-state index is 5.99. The second-order valence-corrected chi connectivity index (χ2v) is 7.17. The van der Waals surface area contributed by atoms with Crippen LogP contribution in [0.15, 0.2) is 42.5 Å². The Balaban J connectivity index is 1.62. The van der Waals surface area contributed by atoms with Crippen molar-refractivity contribution >= 4 is 34.6 Å². The molecule has 0 radical (unpaired) electrons. The summed E-state index contributed by atoms with van der Waals surface area (Å²) in [5.74, 6) is 0.928. The first-order chi connectivity index (χ1) is 12.7. The van der Waals surface area contributed by atoms with Crippen molar-refractivity contribution in [1.29, 1.82) is 0 Å². The molecule has 2 N–H and O–H groups in total. The maximum Gasteiger partial charge on any atom is 0.119 e. The summed E-state index contributed by atoms with van der Waals surface area (Å²) in [7, 11) is 0. The van der Waals surface area contributed by atoms with E-state index < -0.39 is 0 Å². The Morgan fingerprint density at radius 1 is 0.769 bits per heavy atom. The highest BCUT2D eigenvalue weighted by atomic mass is 35.5. The number of unbranched alkanes of at least 4 members (excludes halogenated alkanes) is 4. The lowest BCUT2D eigenvalue weighted by molar-refractivity contribution is 0.304. The van der Waals surface area contributed by atoms with Crippen molar-refractivity contribution < 1.29 is 4.74 Å². The van der Waals surface area contributed by atoms with Crippen molar-refractivity contribution in [2.75, 3.05) is 30.3 Å². The van der Waals surface area contributed by atoms with Crippen LogP contribution in [0, 0.1) is 0 Å². The first-order valence-corrected chi connectivity index (χ1v) is 10.1. The van der Waals surface area contributed by atoms with Gasteiger partial charge in [0.2, 0.25) is 0 Å². The van der Waals surface area contributed by atoms with Gasteiger partial charge >= 0.3 is 0 Å². The second-order valence-electron chi connectivity index (χ2n) is 6.30. The van der Waals surface area contributed by atoms with Gasteiger partial charge in [-0.2, -0.15) is 0 Å². The fourth-order valence-corrected chi connectivity index (χ4v) is 3.16. The van der Waals surface area contributed by atoms with E-state index in [2.05, 4.69) is 17.6 Å². The summed E-state index contributed by atoms with van der Waals surface area (Å²) in [5.41, 5.74) is 2.00. The van der Waals surface area contributed by atoms with E-state index in [0.717, 1.165) is 43.2 Å². The molecule has 5 heteroatoms. The Labute approximate surface area is 167 Å². The van der Waals surface area contributed by atoms with Crippen LogP contribution in [0.4, 0.5) is 11.4 Å². The maximum atomic E-state index is 5.99. The van der Waals surface area contributed by atoms with E-state index in [0.29, 0.717) is 10.0 Å². The molecule has 0 aliphatic rings. The van der Waals surface area contributed by atoms with Crippen LogP contribution in [-0.2, 0) is 0 Å². The van der Waals surface area contributed by atoms with Gasteiger partial charge in [0, 0.05) is 34.5 Å². The summed E-state index contributed by atoms with van der Waals surface area (Å²) >= 11 is 12.0. The van der Waals surface area contributed by atoms with E-state index >= 15 is 0 Å². The van der Waals surface area contributed by atoms with E-state index in [1.165, 1.54) is 25.7 Å². The van der Waals surface area contributed by atoms with Gasteiger partial charge in [0.05, 0.1) is 6.61 Å². The predicted molar refractivity (Wildman–Crippen MR) is 114 cm³/mol. The average Bonchev–Trinajstić information content (AvgIpc) is 2.62. The smallest absolute Gasteiger partial charge is 0.119 e. The standard InChI is InChI=1S/C21H28Cl2N2O/c1-2-3-4-5-6-13-26-21-9-7-19(8-10-21)24-11-12-25-20-15-17(22)14-18(23)16-20/h7-10,14-16,24-25H,2-6,11-13H2,1H3. The van der Waals surface area contributed by atoms with Gasteiger partial charge in [0.15, 0.2) is 0 Å². The molecule has 26 heavy (non-hydrogen) atoms. The number of benzene rings is 2. The molecular weight excluding hydrogens is 367 g/mol. The Hall–Kier alpha value is -1.58. The van der Waals surface area contributed by atoms with Crippen LogP contribution in [0.2, 0.25) is 10.0 Å². The minimum absolute atomic E-state index is 0.633. The molecular formula is C21H28Cl2N2O. The molecule has 0 bridgehead atoms. The number of halogens is 2. The Morgan fingerprint density at radius 2 is 1.38 bits per heavy atom. The van der Waals surface area contributed by atoms with Crippen LogP contribution in [-0.4, -0.2) is 19.7 Å². The molecule has 0 saturated heterocycles. The van der Waals surface area contributed by atoms with Gasteiger partial charge in [0.25, 0.3) is 0 Å². The lowest BCUT2D eigenvalue weighted by Crippen LogP contribution is -2.13. The summed E-state index contributed by atoms with van der Waals surface area (Å²) in [6.45, 7) is 4.59. The van der Waals surface area contributed by atoms with Crippen LogP contribution < -0.4 is 15.4 Å². The summed E-state index contributed by atoms with van der Waals surface area (Å²) < 4.78 is 5.78. The van der Waals surface area contributed by atoms with Crippen molar-refractivity contribution in [3.05, 3.63) is 52.5 Å². The van der Waals surface area contributed by atoms with Gasteiger partial charge in [-0.1, -0.05) is 55.8 Å². The van der Waals surface area contributed by atoms with Crippen LogP contribution in [0.5, 0.6) is 5.75 Å². The number of hydrogen-bond acceptors (Lipinski definition) is 3. The Kier molecular flexibility index (Phi) is 9.51. The number of anilines is 2. The minimum Gasteiger partial charge on any atom is -0.494 e. The van der Waals surface area contributed by atoms with Gasteiger partial charge < -0.3 is 15.4 Å². The largest absolute Gasteiger partial charge is 0.494 e. The van der Waals surface area contributed by atoms with Gasteiger partial charge in [-0.15, -0.1) is 0 Å². The highest BCUT2D eigenvalue weighted by Crippen LogP contribution is 2.22. The summed E-state index contributed by atoms with van der Waals surface area (Å²) in [4.78, 5) is 0. The van der Waals surface area contributed by atoms with Crippen molar-refractivity contribution in [2.45, 2.75) is 39.0 Å². The molecule has 142 valence electrons. The van der Waals surface area contributed by atoms with Crippen molar-refractivity contribution in [1.82, 2.24) is 0 Å². The fraction of sp³-hybridized carbons (Fsp3) is 0.429. The first kappa shape index (κ1) is 20.7. The average molecular weight is 395 g/mol. The van der Waals surface area contributed by atoms with Gasteiger partial charge in [0.1, 0.15) is 5.75 Å². The predicted octanol–water partition coefficient (Wildman–Crippen LogP) is 6.87. The van der Waals surface area contributed by atoms with E-state index in [9.17, 15) is 0 Å². The highest BCUT2D eigenvalue weighted by Gasteiger charge is 1.99. The molecule has 0 unspecified atom stereocenters. The molecule has 0 aromatic heterocycles. The lowest BCUT2D eigenvalue weighted by Gasteiger charge is -2.11. The zero-order chi connectivity index (χ0) is 18.6. The van der Waals surface area contributed by atoms with Crippen LogP contribution >= 0.6 is 23.2 Å². The summed E-state index contributed by atoms with van der Waals surface area (Å²) in [6.07, 6.45) is 6.27. The monoisotopic (exact) mass is 394 g/mol. The SMILES string of the molecule is CCCCCCCOc1ccc(NCCNc2cc(Cl)cc(Cl)c2)cc1. The van der Waals surface area contributed by atoms with E-state index in [-0.39, 0.29) is 0 Å². The zero-order valence-corrected chi connectivity index (χ0v) is 16.9. The minimum atomic E-state index is 0.633. The van der Waals surface area contributed by atoms with Crippen LogP contribution in [0.1, 0.15) is 39.0 Å². The lowest BCUT2D eigenvalue weighted by atomic mass is 10.2. The highest BCUT2D eigenvalue weighted by molar-refractivity contribution is 6.35. The molecule has 3 nitrogen and oxygen atoms in total. The molecule has 2 aromatic rings. The topological polar surface area (TPSA) is 33.3 Å². The summed E-state index contributed by atoms with van der Waals surface area (Å²) in [6, 6.07) is 13.6. The number of rotatable bonds is 12. The molecule has 2 rings (SSSR count). The Morgan fingerprint density at radius 3 is 2.04 bits per heavy atom. The fourth-order valence-electron chi connectivity index (χ4n) is 2.63. The third kappa shape index (κ3) is 8.20. The molecule has 0 saturated carbocycles. The van der Waals surface area contributed by atoms with Crippen molar-refractivity contribution in [3.8, 4) is 5.75 Å². The van der Waals surface area contributed by atoms with Gasteiger partial charge in [-0.3, -0.25) is 0 Å². The molecule has 0 fully saturated rings. The molecule has 2 aromatic carbocycles. The zero-order valence-electron chi connectivity index (χ0n) is 15.4. The Bertz CT molecular complexity index is 627. The van der Waals surface area contributed by atoms with E-state index in [1.807, 2.05) is 36.4 Å². The number of hydrogen-bond donors (Lipinski definition) is 2. The van der Waals surface area contributed by atoms with E-state index in [4.69, 9.17) is 27.9 Å². The van der Waals surface area contributed by atoms with Gasteiger partial charge in [-0.25, -0.2) is 0 Å². The molecule has 0 spiro atoms. The summed E-state index contributed by atoms with van der Waals surface area (Å²) in [5, 5.41) is 7.94. The first-order valence-electron chi connectivity index (χ1n) is 9.34. The molecule has 0 aliphatic carbocycles. The third-order valence-electron chi connectivity index (χ3n) is 4.02. The van der Waals surface area contributed by atoms with Crippen LogP contribution in [0.3, 0.4) is 0 Å².